The molecule has 94 valence electrons. The van der Waals surface area contributed by atoms with Gasteiger partial charge in [-0.3, -0.25) is 10.1 Å². The van der Waals surface area contributed by atoms with Crippen molar-refractivity contribution in [2.45, 2.75) is 13.8 Å². The Balaban J connectivity index is 1.83. The molecule has 0 saturated heterocycles. The van der Waals surface area contributed by atoms with Gasteiger partial charge in [0.25, 0.3) is 5.91 Å². The minimum atomic E-state index is -0.285. The van der Waals surface area contributed by atoms with Gasteiger partial charge in [-0.25, -0.2) is 0 Å². The fourth-order valence-corrected chi connectivity index (χ4v) is 1.38. The molecule has 1 heterocycles. The fraction of sp³-hybridized carbons (Fsp3) is 0.231. The van der Waals surface area contributed by atoms with Crippen molar-refractivity contribution in [1.29, 1.82) is 0 Å². The normalized spacial score (nSPS) is 10.1. The van der Waals surface area contributed by atoms with Crippen molar-refractivity contribution >= 4 is 11.8 Å². The van der Waals surface area contributed by atoms with Gasteiger partial charge in [0, 0.05) is 6.07 Å². The zero-order valence-electron chi connectivity index (χ0n) is 10.3. The molecule has 0 spiro atoms. The molecule has 1 aromatic heterocycles. The minimum Gasteiger partial charge on any atom is -0.484 e. The molecule has 0 fully saturated rings. The van der Waals surface area contributed by atoms with E-state index in [0.717, 1.165) is 5.56 Å². The second-order valence-electron chi connectivity index (χ2n) is 3.98. The summed E-state index contributed by atoms with van der Waals surface area (Å²) in [6.07, 6.45) is 0. The van der Waals surface area contributed by atoms with Crippen LogP contribution >= 0.6 is 0 Å². The second kappa shape index (κ2) is 5.35. The Labute approximate surface area is 105 Å². The number of nitrogens with one attached hydrogen (secondary N) is 1. The lowest BCUT2D eigenvalue weighted by molar-refractivity contribution is -0.118. The first-order valence-electron chi connectivity index (χ1n) is 5.56. The highest BCUT2D eigenvalue weighted by Crippen LogP contribution is 2.12. The number of benzene rings is 1. The molecule has 1 aromatic carbocycles. The van der Waals surface area contributed by atoms with Gasteiger partial charge in [-0.1, -0.05) is 22.9 Å². The van der Waals surface area contributed by atoms with E-state index in [4.69, 9.17) is 9.26 Å². The van der Waals surface area contributed by atoms with Crippen LogP contribution in [0.4, 0.5) is 5.88 Å². The number of nitrogens with zero attached hydrogens (tertiary/aromatic N) is 1. The Kier molecular flexibility index (Phi) is 3.62. The van der Waals surface area contributed by atoms with Gasteiger partial charge in [0.1, 0.15) is 5.75 Å². The van der Waals surface area contributed by atoms with E-state index >= 15 is 0 Å². The summed E-state index contributed by atoms with van der Waals surface area (Å²) in [4.78, 5) is 11.5. The second-order valence-corrected chi connectivity index (χ2v) is 3.98. The topological polar surface area (TPSA) is 64.4 Å². The fourth-order valence-electron chi connectivity index (χ4n) is 1.38. The van der Waals surface area contributed by atoms with Gasteiger partial charge in [0.05, 0.1) is 5.69 Å². The van der Waals surface area contributed by atoms with Crippen LogP contribution in [0.1, 0.15) is 11.3 Å². The van der Waals surface area contributed by atoms with Gasteiger partial charge < -0.3 is 9.26 Å². The van der Waals surface area contributed by atoms with E-state index in [0.29, 0.717) is 17.3 Å². The molecule has 0 unspecified atom stereocenters. The highest BCUT2D eigenvalue weighted by Gasteiger charge is 2.07. The summed E-state index contributed by atoms with van der Waals surface area (Å²) >= 11 is 0. The molecule has 1 N–H and O–H groups in total. The third-order valence-corrected chi connectivity index (χ3v) is 2.28. The van der Waals surface area contributed by atoms with Crippen LogP contribution in [0.5, 0.6) is 5.75 Å². The highest BCUT2D eigenvalue weighted by atomic mass is 16.5. The summed E-state index contributed by atoms with van der Waals surface area (Å²) in [7, 11) is 0. The Morgan fingerprint density at radius 1 is 1.33 bits per heavy atom. The monoisotopic (exact) mass is 246 g/mol. The lowest BCUT2D eigenvalue weighted by Gasteiger charge is -2.05. The standard InChI is InChI=1S/C13H14N2O3/c1-9-3-5-11(6-4-9)17-8-12(16)14-13-7-10(2)15-18-13/h3-7H,8H2,1-2H3,(H,14,16). The van der Waals surface area contributed by atoms with E-state index < -0.39 is 0 Å². The number of rotatable bonds is 4. The largest absolute Gasteiger partial charge is 0.484 e. The van der Waals surface area contributed by atoms with Crippen LogP contribution in [0, 0.1) is 13.8 Å². The van der Waals surface area contributed by atoms with E-state index in [-0.39, 0.29) is 12.5 Å². The molecular weight excluding hydrogens is 232 g/mol. The third-order valence-electron chi connectivity index (χ3n) is 2.28. The molecule has 1 amide bonds. The van der Waals surface area contributed by atoms with Crippen LogP contribution in [0.15, 0.2) is 34.9 Å². The molecule has 2 rings (SSSR count). The van der Waals surface area contributed by atoms with Crippen molar-refractivity contribution in [2.24, 2.45) is 0 Å². The molecule has 0 aliphatic heterocycles. The lowest BCUT2D eigenvalue weighted by Crippen LogP contribution is -2.19. The van der Waals surface area contributed by atoms with E-state index in [9.17, 15) is 4.79 Å². The van der Waals surface area contributed by atoms with Crippen LogP contribution in [-0.2, 0) is 4.79 Å². The predicted octanol–water partition coefficient (Wildman–Crippen LogP) is 2.31. The van der Waals surface area contributed by atoms with Crippen molar-refractivity contribution in [3.63, 3.8) is 0 Å². The molecular formula is C13H14N2O3. The molecule has 0 radical (unpaired) electrons. The van der Waals surface area contributed by atoms with Crippen LogP contribution in [0.25, 0.3) is 0 Å². The maximum absolute atomic E-state index is 11.5. The zero-order chi connectivity index (χ0) is 13.0. The molecule has 0 bridgehead atoms. The first-order valence-corrected chi connectivity index (χ1v) is 5.56. The van der Waals surface area contributed by atoms with Crippen LogP contribution in [0.3, 0.4) is 0 Å². The summed E-state index contributed by atoms with van der Waals surface area (Å²) in [5, 5.41) is 6.22. The maximum atomic E-state index is 11.5. The highest BCUT2D eigenvalue weighted by molar-refractivity contribution is 5.90. The summed E-state index contributed by atoms with van der Waals surface area (Å²) in [5.41, 5.74) is 1.86. The number of aromatic nitrogens is 1. The van der Waals surface area contributed by atoms with Crippen molar-refractivity contribution in [1.82, 2.24) is 5.16 Å². The quantitative estimate of drug-likeness (QED) is 0.899. The number of anilines is 1. The summed E-state index contributed by atoms with van der Waals surface area (Å²) < 4.78 is 10.2. The van der Waals surface area contributed by atoms with Crippen molar-refractivity contribution in [3.8, 4) is 5.75 Å². The van der Waals surface area contributed by atoms with Crippen LogP contribution in [-0.4, -0.2) is 17.7 Å². The number of hydrogen-bond donors (Lipinski definition) is 1. The van der Waals surface area contributed by atoms with Gasteiger partial charge >= 0.3 is 0 Å². The minimum absolute atomic E-state index is 0.0667. The lowest BCUT2D eigenvalue weighted by atomic mass is 10.2. The maximum Gasteiger partial charge on any atom is 0.264 e. The summed E-state index contributed by atoms with van der Waals surface area (Å²) in [6.45, 7) is 3.70. The Morgan fingerprint density at radius 2 is 2.06 bits per heavy atom. The van der Waals surface area contributed by atoms with E-state index in [1.54, 1.807) is 13.0 Å². The van der Waals surface area contributed by atoms with Crippen molar-refractivity contribution in [3.05, 3.63) is 41.6 Å². The summed E-state index contributed by atoms with van der Waals surface area (Å²) in [5.74, 6) is 0.696. The van der Waals surface area contributed by atoms with Crippen LogP contribution in [0.2, 0.25) is 0 Å². The molecule has 5 nitrogen and oxygen atoms in total. The Hall–Kier alpha value is -2.30. The van der Waals surface area contributed by atoms with Gasteiger partial charge in [0.2, 0.25) is 5.88 Å². The van der Waals surface area contributed by atoms with E-state index in [1.807, 2.05) is 31.2 Å². The van der Waals surface area contributed by atoms with E-state index in [2.05, 4.69) is 10.5 Å². The third kappa shape index (κ3) is 3.35. The molecule has 2 aromatic rings. The first-order chi connectivity index (χ1) is 8.63. The first kappa shape index (κ1) is 12.2. The SMILES string of the molecule is Cc1ccc(OCC(=O)Nc2cc(C)no2)cc1. The summed E-state index contributed by atoms with van der Waals surface area (Å²) in [6, 6.07) is 9.13. The molecule has 0 aliphatic rings. The van der Waals surface area contributed by atoms with Gasteiger partial charge in [0.15, 0.2) is 6.61 Å². The van der Waals surface area contributed by atoms with Crippen molar-refractivity contribution < 1.29 is 14.1 Å². The van der Waals surface area contributed by atoms with Crippen molar-refractivity contribution in [2.75, 3.05) is 11.9 Å². The van der Waals surface area contributed by atoms with Gasteiger partial charge in [-0.2, -0.15) is 0 Å². The number of carbonyl (C=O) groups excluding carboxylic acids is 1. The predicted molar refractivity (Wildman–Crippen MR) is 66.5 cm³/mol. The number of amides is 1. The molecule has 5 heteroatoms. The number of carbonyl (C=O) groups is 1. The molecule has 0 saturated carbocycles. The number of aryl methyl sites for hydroxylation is 2. The average molecular weight is 246 g/mol. The smallest absolute Gasteiger partial charge is 0.264 e. The number of ether oxygens (including phenoxy) is 1. The Morgan fingerprint density at radius 3 is 2.67 bits per heavy atom. The Bertz CT molecular complexity index is 531. The average Bonchev–Trinajstić information content (AvgIpc) is 2.74. The van der Waals surface area contributed by atoms with Crippen LogP contribution < -0.4 is 10.1 Å². The van der Waals surface area contributed by atoms with Gasteiger partial charge in [-0.15, -0.1) is 0 Å². The number of hydrogen-bond acceptors (Lipinski definition) is 4. The molecule has 18 heavy (non-hydrogen) atoms. The molecule has 0 atom stereocenters. The van der Waals surface area contributed by atoms with E-state index in [1.165, 1.54) is 0 Å². The zero-order valence-corrected chi connectivity index (χ0v) is 10.3. The van der Waals surface area contributed by atoms with Gasteiger partial charge in [-0.05, 0) is 26.0 Å². The molecule has 0 aliphatic carbocycles.